The largest absolute Gasteiger partial charge is 0.494 e. The Hall–Kier alpha value is -3.91. The smallest absolute Gasteiger partial charge is 0.252 e. The fourth-order valence-corrected chi connectivity index (χ4v) is 5.55. The first-order chi connectivity index (χ1) is 20.9. The average molecular weight is 622 g/mol. The van der Waals surface area contributed by atoms with Crippen LogP contribution in [0.15, 0.2) is 102 Å². The van der Waals surface area contributed by atoms with Gasteiger partial charge in [-0.15, -0.1) is 0 Å². The summed E-state index contributed by atoms with van der Waals surface area (Å²) in [6.07, 6.45) is 0.159. The van der Waals surface area contributed by atoms with Crippen molar-refractivity contribution in [3.05, 3.63) is 135 Å². The Morgan fingerprint density at radius 1 is 1.00 bits per heavy atom. The van der Waals surface area contributed by atoms with Crippen LogP contribution in [0.25, 0.3) is 0 Å². The van der Waals surface area contributed by atoms with Crippen molar-refractivity contribution in [1.29, 1.82) is 0 Å². The van der Waals surface area contributed by atoms with Crippen LogP contribution in [0.4, 0.5) is 4.39 Å². The van der Waals surface area contributed by atoms with Crippen LogP contribution >= 0.6 is 23.2 Å². The molecule has 0 spiro atoms. The van der Waals surface area contributed by atoms with Gasteiger partial charge in [0.1, 0.15) is 11.6 Å². The van der Waals surface area contributed by atoms with Crippen molar-refractivity contribution in [2.24, 2.45) is 4.99 Å². The molecule has 1 heterocycles. The van der Waals surface area contributed by atoms with Crippen LogP contribution in [-0.4, -0.2) is 42.2 Å². The number of ether oxygens (including phenoxy) is 2. The molecule has 9 heteroatoms. The first-order valence-corrected chi connectivity index (χ1v) is 14.8. The van der Waals surface area contributed by atoms with Gasteiger partial charge in [-0.25, -0.2) is 9.38 Å². The van der Waals surface area contributed by atoms with E-state index in [-0.39, 0.29) is 37.2 Å². The van der Waals surface area contributed by atoms with E-state index in [0.717, 1.165) is 5.56 Å². The molecular weight excluding hydrogens is 590 g/mol. The van der Waals surface area contributed by atoms with Gasteiger partial charge in [-0.3, -0.25) is 4.79 Å². The van der Waals surface area contributed by atoms with Crippen molar-refractivity contribution in [3.63, 3.8) is 0 Å². The van der Waals surface area contributed by atoms with Crippen molar-refractivity contribution in [1.82, 2.24) is 5.32 Å². The molecule has 1 aliphatic heterocycles. The lowest BCUT2D eigenvalue weighted by molar-refractivity contribution is -0.128. The predicted molar refractivity (Wildman–Crippen MR) is 166 cm³/mol. The van der Waals surface area contributed by atoms with Crippen LogP contribution in [0, 0.1) is 5.82 Å². The van der Waals surface area contributed by atoms with Gasteiger partial charge in [0.25, 0.3) is 5.91 Å². The molecule has 6 nitrogen and oxygen atoms in total. The molecule has 0 saturated heterocycles. The summed E-state index contributed by atoms with van der Waals surface area (Å²) in [5, 5.41) is 12.8. The van der Waals surface area contributed by atoms with Gasteiger partial charge >= 0.3 is 0 Å². The maximum absolute atomic E-state index is 14.3. The number of hydrogen-bond donors (Lipinski definition) is 2. The third-order valence-electron chi connectivity index (χ3n) is 7.23. The lowest BCUT2D eigenvalue weighted by Gasteiger charge is -2.31. The molecule has 2 atom stereocenters. The van der Waals surface area contributed by atoms with Crippen molar-refractivity contribution in [3.8, 4) is 5.75 Å². The number of hydrogen-bond acceptors (Lipinski definition) is 5. The summed E-state index contributed by atoms with van der Waals surface area (Å²) in [6, 6.07) is 28.3. The fraction of sp³-hybridized carbons (Fsp3) is 0.235. The van der Waals surface area contributed by atoms with Crippen LogP contribution in [0.1, 0.15) is 34.8 Å². The number of carbonyl (C=O) groups is 1. The molecule has 0 radical (unpaired) electrons. The Morgan fingerprint density at radius 2 is 1.74 bits per heavy atom. The zero-order chi connectivity index (χ0) is 30.2. The van der Waals surface area contributed by atoms with E-state index in [9.17, 15) is 9.18 Å². The SMILES string of the molecule is O=C(NCCc1ccccc1F)[C@]1(Cc2ccccc2)N=C(c2ccc(OCCCO)cc2)O[C@@H]1c1ccc(Cl)cc1Cl. The molecule has 0 aliphatic carbocycles. The first kappa shape index (κ1) is 30.5. The molecule has 1 amide bonds. The Labute approximate surface area is 260 Å². The topological polar surface area (TPSA) is 80.2 Å². The average Bonchev–Trinajstić information content (AvgIpc) is 3.39. The normalized spacial score (nSPS) is 17.7. The second kappa shape index (κ2) is 14.0. The number of halogens is 3. The molecule has 4 aromatic carbocycles. The number of nitrogens with zero attached hydrogens (tertiary/aromatic N) is 1. The second-order valence-corrected chi connectivity index (χ2v) is 11.1. The first-order valence-electron chi connectivity index (χ1n) is 14.0. The van der Waals surface area contributed by atoms with Crippen molar-refractivity contribution in [2.45, 2.75) is 30.9 Å². The summed E-state index contributed by atoms with van der Waals surface area (Å²) >= 11 is 12.9. The van der Waals surface area contributed by atoms with E-state index in [1.54, 1.807) is 48.5 Å². The second-order valence-electron chi connectivity index (χ2n) is 10.2. The van der Waals surface area contributed by atoms with Crippen molar-refractivity contribution >= 4 is 35.0 Å². The highest BCUT2D eigenvalue weighted by molar-refractivity contribution is 6.35. The van der Waals surface area contributed by atoms with Crippen LogP contribution in [0.5, 0.6) is 5.75 Å². The minimum atomic E-state index is -1.44. The minimum absolute atomic E-state index is 0.0449. The highest BCUT2D eigenvalue weighted by atomic mass is 35.5. The molecule has 222 valence electrons. The van der Waals surface area contributed by atoms with Gasteiger partial charge in [0.15, 0.2) is 11.6 Å². The Kier molecular flexibility index (Phi) is 9.97. The number of carbonyl (C=O) groups excluding carboxylic acids is 1. The summed E-state index contributed by atoms with van der Waals surface area (Å²) < 4.78 is 26.5. The van der Waals surface area contributed by atoms with Crippen molar-refractivity contribution in [2.75, 3.05) is 19.8 Å². The van der Waals surface area contributed by atoms with Crippen LogP contribution in [0.3, 0.4) is 0 Å². The molecule has 43 heavy (non-hydrogen) atoms. The summed E-state index contributed by atoms with van der Waals surface area (Å²) in [7, 11) is 0. The van der Waals surface area contributed by atoms with E-state index in [1.807, 2.05) is 42.5 Å². The van der Waals surface area contributed by atoms with E-state index in [4.69, 9.17) is 42.8 Å². The third kappa shape index (κ3) is 7.19. The van der Waals surface area contributed by atoms with E-state index >= 15 is 0 Å². The molecule has 0 aromatic heterocycles. The maximum atomic E-state index is 14.3. The number of aliphatic hydroxyl groups excluding tert-OH is 1. The van der Waals surface area contributed by atoms with Crippen LogP contribution < -0.4 is 10.1 Å². The van der Waals surface area contributed by atoms with E-state index in [0.29, 0.717) is 51.9 Å². The standard InChI is InChI=1S/C34H31Cl2FN2O4/c35-26-13-16-28(29(36)21-26)31-34(22-23-7-2-1-3-8-23,33(41)38-18-17-24-9-4-5-10-30(24)37)39-32(43-31)25-11-14-27(15-12-25)42-20-6-19-40/h1-5,7-16,21,31,40H,6,17-20,22H2,(H,38,41)/t31-,34-/m1/s1. The Balaban J connectivity index is 1.53. The van der Waals surface area contributed by atoms with Gasteiger partial charge in [-0.05, 0) is 60.0 Å². The van der Waals surface area contributed by atoms with Gasteiger partial charge in [-0.2, -0.15) is 0 Å². The minimum Gasteiger partial charge on any atom is -0.494 e. The number of rotatable bonds is 12. The van der Waals surface area contributed by atoms with Gasteiger partial charge in [0, 0.05) is 47.2 Å². The lowest BCUT2D eigenvalue weighted by atomic mass is 9.82. The van der Waals surface area contributed by atoms with E-state index in [1.165, 1.54) is 6.07 Å². The highest BCUT2D eigenvalue weighted by Gasteiger charge is 2.53. The van der Waals surface area contributed by atoms with Crippen LogP contribution in [0.2, 0.25) is 10.0 Å². The number of benzene rings is 4. The number of aliphatic hydroxyl groups is 1. The fourth-order valence-electron chi connectivity index (χ4n) is 5.05. The van der Waals surface area contributed by atoms with E-state index < -0.39 is 11.6 Å². The summed E-state index contributed by atoms with van der Waals surface area (Å²) in [6.45, 7) is 0.628. The maximum Gasteiger partial charge on any atom is 0.252 e. The molecule has 2 N–H and O–H groups in total. The Morgan fingerprint density at radius 3 is 2.47 bits per heavy atom. The number of nitrogens with one attached hydrogen (secondary N) is 1. The van der Waals surface area contributed by atoms with Gasteiger partial charge in [0.05, 0.1) is 6.61 Å². The quantitative estimate of drug-likeness (QED) is 0.172. The highest BCUT2D eigenvalue weighted by Crippen LogP contribution is 2.45. The molecule has 0 unspecified atom stereocenters. The monoisotopic (exact) mass is 620 g/mol. The molecular formula is C34H31Cl2FN2O4. The van der Waals surface area contributed by atoms with Crippen LogP contribution in [-0.2, 0) is 22.4 Å². The molecule has 0 saturated carbocycles. The van der Waals surface area contributed by atoms with Gasteiger partial charge < -0.3 is 19.9 Å². The lowest BCUT2D eigenvalue weighted by Crippen LogP contribution is -2.50. The van der Waals surface area contributed by atoms with Gasteiger partial charge in [0.2, 0.25) is 5.90 Å². The molecule has 0 fully saturated rings. The summed E-state index contributed by atoms with van der Waals surface area (Å²) in [4.78, 5) is 19.3. The summed E-state index contributed by atoms with van der Waals surface area (Å²) in [5.74, 6) is 0.213. The number of aliphatic imine (C=N–C) groups is 1. The van der Waals surface area contributed by atoms with E-state index in [2.05, 4.69) is 5.32 Å². The predicted octanol–water partition coefficient (Wildman–Crippen LogP) is 6.75. The Bertz CT molecular complexity index is 1580. The summed E-state index contributed by atoms with van der Waals surface area (Å²) in [5.41, 5.74) is 1.15. The zero-order valence-corrected chi connectivity index (χ0v) is 24.8. The molecule has 5 rings (SSSR count). The molecule has 4 aromatic rings. The molecule has 1 aliphatic rings. The molecule has 0 bridgehead atoms. The zero-order valence-electron chi connectivity index (χ0n) is 23.3. The third-order valence-corrected chi connectivity index (χ3v) is 7.79. The van der Waals surface area contributed by atoms with Crippen molar-refractivity contribution < 1.29 is 23.8 Å². The number of amides is 1. The van der Waals surface area contributed by atoms with Gasteiger partial charge in [-0.1, -0.05) is 77.8 Å².